The summed E-state index contributed by atoms with van der Waals surface area (Å²) in [5.74, 6) is 0.261. The van der Waals surface area contributed by atoms with Gasteiger partial charge in [0.2, 0.25) is 5.91 Å². The minimum atomic E-state index is -3.10. The monoisotopic (exact) mass is 340 g/mol. The van der Waals surface area contributed by atoms with Gasteiger partial charge >= 0.3 is 0 Å². The Morgan fingerprint density at radius 1 is 1.30 bits per heavy atom. The maximum atomic E-state index is 12.0. The molecule has 2 rings (SSSR count). The number of methoxy groups -OCH3 is 2. The molecule has 0 spiro atoms. The average molecular weight is 340 g/mol. The van der Waals surface area contributed by atoms with Gasteiger partial charge < -0.3 is 9.47 Å². The largest absolute Gasteiger partial charge is 0.497 e. The maximum absolute atomic E-state index is 12.0. The number of ether oxygens (including phenoxy) is 2. The molecule has 7 nitrogen and oxygen atoms in total. The van der Waals surface area contributed by atoms with Crippen LogP contribution in [0.4, 0.5) is 0 Å². The third kappa shape index (κ3) is 4.22. The van der Waals surface area contributed by atoms with Gasteiger partial charge in [-0.3, -0.25) is 4.79 Å². The van der Waals surface area contributed by atoms with Gasteiger partial charge in [0.15, 0.2) is 9.84 Å². The number of hydrogen-bond donors (Lipinski definition) is 1. The summed E-state index contributed by atoms with van der Waals surface area (Å²) < 4.78 is 33.3. The fourth-order valence-electron chi connectivity index (χ4n) is 2.39. The first-order chi connectivity index (χ1) is 10.9. The van der Waals surface area contributed by atoms with Crippen LogP contribution in [0.5, 0.6) is 11.5 Å². The van der Waals surface area contributed by atoms with Crippen LogP contribution in [0, 0.1) is 5.92 Å². The lowest BCUT2D eigenvalue weighted by atomic mass is 10.1. The van der Waals surface area contributed by atoms with E-state index in [-0.39, 0.29) is 17.4 Å². The Morgan fingerprint density at radius 2 is 2.04 bits per heavy atom. The molecule has 0 unspecified atom stereocenters. The molecular weight excluding hydrogens is 320 g/mol. The Labute approximate surface area is 135 Å². The van der Waals surface area contributed by atoms with Crippen LogP contribution in [-0.4, -0.2) is 45.8 Å². The molecule has 0 aromatic heterocycles. The highest BCUT2D eigenvalue weighted by atomic mass is 32.2. The van der Waals surface area contributed by atoms with E-state index < -0.39 is 15.8 Å². The number of carbonyl (C=O) groups is 1. The van der Waals surface area contributed by atoms with Crippen molar-refractivity contribution in [3.05, 3.63) is 23.8 Å². The molecule has 1 amide bonds. The van der Waals surface area contributed by atoms with Gasteiger partial charge in [0.1, 0.15) is 11.5 Å². The lowest BCUT2D eigenvalue weighted by Gasteiger charge is -2.11. The van der Waals surface area contributed by atoms with E-state index in [0.29, 0.717) is 29.2 Å². The van der Waals surface area contributed by atoms with E-state index in [4.69, 9.17) is 9.47 Å². The summed E-state index contributed by atoms with van der Waals surface area (Å²) in [4.78, 5) is 12.0. The summed E-state index contributed by atoms with van der Waals surface area (Å²) in [5.41, 5.74) is 3.66. The van der Waals surface area contributed by atoms with Crippen LogP contribution in [0.2, 0.25) is 0 Å². The summed E-state index contributed by atoms with van der Waals surface area (Å²) in [6.07, 6.45) is 0.339. The van der Waals surface area contributed by atoms with E-state index >= 15 is 0 Å². The third-order valence-corrected chi connectivity index (χ3v) is 5.50. The van der Waals surface area contributed by atoms with Crippen molar-refractivity contribution in [2.75, 3.05) is 25.7 Å². The second-order valence-corrected chi connectivity index (χ2v) is 7.57. The molecule has 0 saturated carbocycles. The first-order valence-electron chi connectivity index (χ1n) is 7.13. The highest BCUT2D eigenvalue weighted by Gasteiger charge is 2.32. The second-order valence-electron chi connectivity index (χ2n) is 5.34. The van der Waals surface area contributed by atoms with E-state index in [1.165, 1.54) is 0 Å². The number of nitrogens with one attached hydrogen (secondary N) is 1. The predicted molar refractivity (Wildman–Crippen MR) is 86.7 cm³/mol. The van der Waals surface area contributed by atoms with Gasteiger partial charge in [-0.25, -0.2) is 13.8 Å². The van der Waals surface area contributed by atoms with Crippen molar-refractivity contribution in [1.29, 1.82) is 0 Å². The van der Waals surface area contributed by atoms with Crippen LogP contribution in [-0.2, 0) is 14.6 Å². The van der Waals surface area contributed by atoms with E-state index in [9.17, 15) is 13.2 Å². The minimum absolute atomic E-state index is 0.0531. The molecule has 0 bridgehead atoms. The SMILES string of the molecule is COc1ccc(OC)c(/C(C)=N\NC(=O)[C@@H]2CCS(=O)(=O)C2)c1. The van der Waals surface area contributed by atoms with Gasteiger partial charge in [0.05, 0.1) is 37.4 Å². The van der Waals surface area contributed by atoms with Crippen LogP contribution >= 0.6 is 0 Å². The minimum Gasteiger partial charge on any atom is -0.497 e. The Kier molecular flexibility index (Phi) is 5.25. The lowest BCUT2D eigenvalue weighted by molar-refractivity contribution is -0.124. The number of hydrogen-bond acceptors (Lipinski definition) is 6. The first-order valence-corrected chi connectivity index (χ1v) is 8.95. The predicted octanol–water partition coefficient (Wildman–Crippen LogP) is 0.979. The first kappa shape index (κ1) is 17.3. The Balaban J connectivity index is 2.12. The number of benzene rings is 1. The Morgan fingerprint density at radius 3 is 2.61 bits per heavy atom. The van der Waals surface area contributed by atoms with Crippen molar-refractivity contribution < 1.29 is 22.7 Å². The number of amides is 1. The summed E-state index contributed by atoms with van der Waals surface area (Å²) in [6.45, 7) is 1.73. The van der Waals surface area contributed by atoms with Gasteiger partial charge in [-0.05, 0) is 31.5 Å². The van der Waals surface area contributed by atoms with Crippen LogP contribution in [0.25, 0.3) is 0 Å². The molecule has 1 aromatic carbocycles. The number of sulfone groups is 1. The molecule has 1 fully saturated rings. The lowest BCUT2D eigenvalue weighted by Crippen LogP contribution is -2.28. The van der Waals surface area contributed by atoms with Crippen molar-refractivity contribution in [2.45, 2.75) is 13.3 Å². The van der Waals surface area contributed by atoms with Crippen LogP contribution < -0.4 is 14.9 Å². The molecule has 0 radical (unpaired) electrons. The highest BCUT2D eigenvalue weighted by Crippen LogP contribution is 2.24. The zero-order valence-corrected chi connectivity index (χ0v) is 14.1. The zero-order valence-electron chi connectivity index (χ0n) is 13.3. The topological polar surface area (TPSA) is 94.1 Å². The quantitative estimate of drug-likeness (QED) is 0.637. The molecule has 1 saturated heterocycles. The number of hydrazone groups is 1. The fraction of sp³-hybridized carbons (Fsp3) is 0.467. The molecule has 1 aromatic rings. The normalized spacial score (nSPS) is 20.1. The standard InChI is InChI=1S/C15H20N2O5S/c1-10(13-8-12(21-2)4-5-14(13)22-3)16-17-15(18)11-6-7-23(19,20)9-11/h4-5,8,11H,6-7,9H2,1-3H3,(H,17,18)/b16-10-/t11-/m1/s1. The maximum Gasteiger partial charge on any atom is 0.244 e. The van der Waals surface area contributed by atoms with Crippen molar-refractivity contribution in [3.8, 4) is 11.5 Å². The molecule has 1 atom stereocenters. The molecule has 1 heterocycles. The smallest absolute Gasteiger partial charge is 0.244 e. The number of rotatable bonds is 5. The number of nitrogens with zero attached hydrogens (tertiary/aromatic N) is 1. The summed E-state index contributed by atoms with van der Waals surface area (Å²) >= 11 is 0. The van der Waals surface area contributed by atoms with Gasteiger partial charge in [0, 0.05) is 5.56 Å². The van der Waals surface area contributed by atoms with Gasteiger partial charge in [0.25, 0.3) is 0 Å². The fourth-order valence-corrected chi connectivity index (χ4v) is 4.13. The summed E-state index contributed by atoms with van der Waals surface area (Å²) in [5, 5.41) is 4.06. The van der Waals surface area contributed by atoms with Crippen molar-refractivity contribution >= 4 is 21.5 Å². The van der Waals surface area contributed by atoms with Gasteiger partial charge in [-0.1, -0.05) is 0 Å². The van der Waals surface area contributed by atoms with Crippen LogP contribution in [0.3, 0.4) is 0 Å². The van der Waals surface area contributed by atoms with Crippen molar-refractivity contribution in [2.24, 2.45) is 11.0 Å². The van der Waals surface area contributed by atoms with Crippen LogP contribution in [0.15, 0.2) is 23.3 Å². The molecule has 126 valence electrons. The van der Waals surface area contributed by atoms with Gasteiger partial charge in [-0.15, -0.1) is 0 Å². The zero-order chi connectivity index (χ0) is 17.0. The molecule has 1 aliphatic rings. The molecular formula is C15H20N2O5S. The van der Waals surface area contributed by atoms with E-state index in [1.54, 1.807) is 39.3 Å². The van der Waals surface area contributed by atoms with Crippen LogP contribution in [0.1, 0.15) is 18.9 Å². The molecule has 0 aliphatic carbocycles. The van der Waals surface area contributed by atoms with E-state index in [1.807, 2.05) is 0 Å². The molecule has 23 heavy (non-hydrogen) atoms. The second kappa shape index (κ2) is 6.99. The summed E-state index contributed by atoms with van der Waals surface area (Å²) in [7, 11) is 0.00142. The average Bonchev–Trinajstić information content (AvgIpc) is 2.91. The van der Waals surface area contributed by atoms with Crippen molar-refractivity contribution in [1.82, 2.24) is 5.43 Å². The molecule has 8 heteroatoms. The number of carbonyl (C=O) groups excluding carboxylic acids is 1. The highest BCUT2D eigenvalue weighted by molar-refractivity contribution is 7.91. The van der Waals surface area contributed by atoms with Gasteiger partial charge in [-0.2, -0.15) is 5.10 Å². The Bertz CT molecular complexity index is 727. The molecule has 1 N–H and O–H groups in total. The Hall–Kier alpha value is -2.09. The molecule has 1 aliphatic heterocycles. The summed E-state index contributed by atoms with van der Waals surface area (Å²) in [6, 6.07) is 5.26. The van der Waals surface area contributed by atoms with Crippen molar-refractivity contribution in [3.63, 3.8) is 0 Å². The van der Waals surface area contributed by atoms with E-state index in [2.05, 4.69) is 10.5 Å². The third-order valence-electron chi connectivity index (χ3n) is 3.73. The van der Waals surface area contributed by atoms with E-state index in [0.717, 1.165) is 0 Å².